The molecule has 0 saturated heterocycles. The average molecular weight is 521 g/mol. The number of para-hydroxylation sites is 1. The van der Waals surface area contributed by atoms with Crippen LogP contribution in [0.2, 0.25) is 0 Å². The smallest absolute Gasteiger partial charge is 0.256 e. The zero-order valence-corrected chi connectivity index (χ0v) is 23.3. The number of unbranched alkanes of at least 4 members (excludes halogenated alkanes) is 2. The largest absolute Gasteiger partial charge is 0.493 e. The van der Waals surface area contributed by atoms with Crippen molar-refractivity contribution in [2.45, 2.75) is 71.1 Å². The van der Waals surface area contributed by atoms with E-state index >= 15 is 0 Å². The van der Waals surface area contributed by atoms with Crippen LogP contribution in [0.4, 0.5) is 11.5 Å². The minimum absolute atomic E-state index is 0.0449. The van der Waals surface area contributed by atoms with Gasteiger partial charge in [0.2, 0.25) is 5.91 Å². The Bertz CT molecular complexity index is 1220. The zero-order valence-electron chi connectivity index (χ0n) is 23.3. The van der Waals surface area contributed by atoms with Gasteiger partial charge in [-0.3, -0.25) is 14.7 Å². The number of anilines is 2. The summed E-state index contributed by atoms with van der Waals surface area (Å²) in [6.07, 6.45) is 5.89. The first-order valence-electron chi connectivity index (χ1n) is 13.1. The molecule has 3 aromatic rings. The molecule has 1 unspecified atom stereocenters. The molecular weight excluding hydrogens is 480 g/mol. The van der Waals surface area contributed by atoms with Gasteiger partial charge in [0.15, 0.2) is 11.5 Å². The number of hydrogen-bond acceptors (Lipinski definition) is 5. The number of carbonyl (C=O) groups excluding carboxylic acids is 2. The second kappa shape index (κ2) is 13.1. The summed E-state index contributed by atoms with van der Waals surface area (Å²) in [5.74, 6) is 1.37. The molecule has 2 amide bonds. The van der Waals surface area contributed by atoms with Crippen LogP contribution in [-0.2, 0) is 10.2 Å². The van der Waals surface area contributed by atoms with Crippen molar-refractivity contribution in [1.29, 1.82) is 0 Å². The van der Waals surface area contributed by atoms with Gasteiger partial charge in [-0.05, 0) is 41.5 Å². The summed E-state index contributed by atoms with van der Waals surface area (Å²) in [7, 11) is 3.24. The minimum atomic E-state index is -0.288. The summed E-state index contributed by atoms with van der Waals surface area (Å²) in [5.41, 5.74) is 2.74. The Kier molecular flexibility index (Phi) is 9.93. The fourth-order valence-electron chi connectivity index (χ4n) is 4.63. The Labute approximate surface area is 225 Å². The molecule has 0 aliphatic rings. The average Bonchev–Trinajstić information content (AvgIpc) is 3.40. The van der Waals surface area contributed by atoms with Crippen molar-refractivity contribution in [1.82, 2.24) is 10.2 Å². The molecule has 8 nitrogen and oxygen atoms in total. The van der Waals surface area contributed by atoms with Gasteiger partial charge >= 0.3 is 0 Å². The van der Waals surface area contributed by atoms with Crippen LogP contribution in [-0.4, -0.2) is 36.2 Å². The van der Waals surface area contributed by atoms with Crippen molar-refractivity contribution in [2.75, 3.05) is 24.9 Å². The van der Waals surface area contributed by atoms with E-state index in [4.69, 9.17) is 9.47 Å². The third-order valence-corrected chi connectivity index (χ3v) is 6.57. The highest BCUT2D eigenvalue weighted by atomic mass is 16.5. The van der Waals surface area contributed by atoms with Crippen molar-refractivity contribution in [2.24, 2.45) is 0 Å². The molecule has 0 radical (unpaired) electrons. The number of aromatic nitrogens is 2. The van der Waals surface area contributed by atoms with E-state index in [1.54, 1.807) is 38.6 Å². The summed E-state index contributed by atoms with van der Waals surface area (Å²) in [5, 5.41) is 12.5. The summed E-state index contributed by atoms with van der Waals surface area (Å²) in [4.78, 5) is 26.4. The Hall–Kier alpha value is -3.81. The fraction of sp³-hybridized carbons (Fsp3) is 0.433. The van der Waals surface area contributed by atoms with Crippen molar-refractivity contribution in [3.05, 3.63) is 65.4 Å². The van der Waals surface area contributed by atoms with Gasteiger partial charge in [-0.1, -0.05) is 65.2 Å². The maximum absolute atomic E-state index is 13.5. The van der Waals surface area contributed by atoms with Gasteiger partial charge in [-0.15, -0.1) is 0 Å². The standard InChI is InChI=1S/C30H40N4O4/c1-7-8-9-11-20(22-12-10-13-25(37-5)28(22)38-6)19-27(35)32-24-18-21(14-15-23(24)30(2,3)4)29(36)33-26-16-17-31-34-26/h10,12-18,20H,7-9,11,19H2,1-6H3,(H,32,35)(H2,31,33,34,36). The molecule has 1 heterocycles. The van der Waals surface area contributed by atoms with Crippen LogP contribution in [0.25, 0.3) is 0 Å². The number of ether oxygens (including phenoxy) is 2. The number of nitrogens with zero attached hydrogens (tertiary/aromatic N) is 1. The van der Waals surface area contributed by atoms with Gasteiger partial charge in [-0.2, -0.15) is 5.10 Å². The van der Waals surface area contributed by atoms with E-state index in [1.165, 1.54) is 0 Å². The Morgan fingerprint density at radius 3 is 2.45 bits per heavy atom. The predicted octanol–water partition coefficient (Wildman–Crippen LogP) is 6.67. The first-order valence-corrected chi connectivity index (χ1v) is 13.1. The van der Waals surface area contributed by atoms with E-state index in [0.29, 0.717) is 28.6 Å². The van der Waals surface area contributed by atoms with Crippen LogP contribution in [0.5, 0.6) is 11.5 Å². The molecule has 2 aromatic carbocycles. The molecular formula is C30H40N4O4. The van der Waals surface area contributed by atoms with Gasteiger partial charge in [0, 0.05) is 29.3 Å². The summed E-state index contributed by atoms with van der Waals surface area (Å²) in [6, 6.07) is 12.9. The van der Waals surface area contributed by atoms with Crippen LogP contribution in [0.1, 0.15) is 87.2 Å². The normalized spacial score (nSPS) is 12.1. The highest BCUT2D eigenvalue weighted by molar-refractivity contribution is 6.05. The molecule has 8 heteroatoms. The SMILES string of the molecule is CCCCCC(CC(=O)Nc1cc(C(=O)Nc2ccn[nH]2)ccc1C(C)(C)C)c1cccc(OC)c1OC. The van der Waals surface area contributed by atoms with Crippen molar-refractivity contribution < 1.29 is 19.1 Å². The van der Waals surface area contributed by atoms with Crippen LogP contribution in [0, 0.1) is 0 Å². The lowest BCUT2D eigenvalue weighted by Crippen LogP contribution is -2.22. The summed E-state index contributed by atoms with van der Waals surface area (Å²) in [6.45, 7) is 8.41. The summed E-state index contributed by atoms with van der Waals surface area (Å²) >= 11 is 0. The van der Waals surface area contributed by atoms with E-state index in [2.05, 4.69) is 48.5 Å². The lowest BCUT2D eigenvalue weighted by molar-refractivity contribution is -0.116. The Morgan fingerprint density at radius 2 is 1.82 bits per heavy atom. The lowest BCUT2D eigenvalue weighted by atomic mass is 9.84. The molecule has 38 heavy (non-hydrogen) atoms. The van der Waals surface area contributed by atoms with Gasteiger partial charge in [0.25, 0.3) is 5.91 Å². The van der Waals surface area contributed by atoms with Gasteiger partial charge in [-0.25, -0.2) is 0 Å². The van der Waals surface area contributed by atoms with Gasteiger partial charge < -0.3 is 20.1 Å². The number of hydrogen-bond donors (Lipinski definition) is 3. The minimum Gasteiger partial charge on any atom is -0.493 e. The molecule has 204 valence electrons. The second-order valence-corrected chi connectivity index (χ2v) is 10.5. The number of rotatable bonds is 12. The lowest BCUT2D eigenvalue weighted by Gasteiger charge is -2.25. The van der Waals surface area contributed by atoms with Crippen LogP contribution >= 0.6 is 0 Å². The molecule has 0 fully saturated rings. The van der Waals surface area contributed by atoms with E-state index in [9.17, 15) is 9.59 Å². The molecule has 0 spiro atoms. The van der Waals surface area contributed by atoms with Crippen molar-refractivity contribution >= 4 is 23.3 Å². The number of benzene rings is 2. The molecule has 0 aliphatic carbocycles. The van der Waals surface area contributed by atoms with E-state index < -0.39 is 0 Å². The highest BCUT2D eigenvalue weighted by Gasteiger charge is 2.25. The maximum Gasteiger partial charge on any atom is 0.256 e. The third kappa shape index (κ3) is 7.37. The number of H-pyrrole nitrogens is 1. The fourth-order valence-corrected chi connectivity index (χ4v) is 4.63. The molecule has 0 saturated carbocycles. The van der Waals surface area contributed by atoms with Crippen LogP contribution in [0.15, 0.2) is 48.7 Å². The highest BCUT2D eigenvalue weighted by Crippen LogP contribution is 2.39. The maximum atomic E-state index is 13.5. The van der Waals surface area contributed by atoms with E-state index in [-0.39, 0.29) is 29.6 Å². The van der Waals surface area contributed by atoms with E-state index in [0.717, 1.165) is 36.8 Å². The van der Waals surface area contributed by atoms with E-state index in [1.807, 2.05) is 24.3 Å². The van der Waals surface area contributed by atoms with Crippen molar-refractivity contribution in [3.63, 3.8) is 0 Å². The molecule has 1 atom stereocenters. The Balaban J connectivity index is 1.88. The van der Waals surface area contributed by atoms with Gasteiger partial charge in [0.1, 0.15) is 5.82 Å². The molecule has 1 aromatic heterocycles. The van der Waals surface area contributed by atoms with Crippen LogP contribution < -0.4 is 20.1 Å². The molecule has 3 N–H and O–H groups in total. The van der Waals surface area contributed by atoms with Crippen molar-refractivity contribution in [3.8, 4) is 11.5 Å². The van der Waals surface area contributed by atoms with Crippen LogP contribution in [0.3, 0.4) is 0 Å². The number of aromatic amines is 1. The quantitative estimate of drug-likeness (QED) is 0.231. The first kappa shape index (κ1) is 28.8. The molecule has 0 aliphatic heterocycles. The Morgan fingerprint density at radius 1 is 1.03 bits per heavy atom. The number of methoxy groups -OCH3 is 2. The summed E-state index contributed by atoms with van der Waals surface area (Å²) < 4.78 is 11.2. The number of nitrogens with one attached hydrogen (secondary N) is 3. The molecule has 3 rings (SSSR count). The zero-order chi connectivity index (χ0) is 27.7. The molecule has 0 bridgehead atoms. The topological polar surface area (TPSA) is 105 Å². The monoisotopic (exact) mass is 520 g/mol. The van der Waals surface area contributed by atoms with Gasteiger partial charge in [0.05, 0.1) is 20.4 Å². The number of carbonyl (C=O) groups is 2. The third-order valence-electron chi connectivity index (χ3n) is 6.57. The first-order chi connectivity index (χ1) is 18.2. The predicted molar refractivity (Wildman–Crippen MR) is 151 cm³/mol. The second-order valence-electron chi connectivity index (χ2n) is 10.5. The number of amides is 2.